The second kappa shape index (κ2) is 7.87. The van der Waals surface area contributed by atoms with Crippen molar-refractivity contribution in [3.63, 3.8) is 0 Å². The maximum atomic E-state index is 12.6. The zero-order valence-corrected chi connectivity index (χ0v) is 16.7. The van der Waals surface area contributed by atoms with Crippen LogP contribution >= 0.6 is 23.4 Å². The van der Waals surface area contributed by atoms with Crippen molar-refractivity contribution < 1.29 is 4.79 Å². The quantitative estimate of drug-likeness (QED) is 0.449. The van der Waals surface area contributed by atoms with Crippen LogP contribution in [0.4, 0.5) is 0 Å². The third-order valence-corrected chi connectivity index (χ3v) is 6.30. The zero-order valence-electron chi connectivity index (χ0n) is 15.1. The summed E-state index contributed by atoms with van der Waals surface area (Å²) >= 11 is 7.67. The fourth-order valence-electron chi connectivity index (χ4n) is 3.44. The van der Waals surface area contributed by atoms with Crippen molar-refractivity contribution >= 4 is 29.1 Å². The first kappa shape index (κ1) is 18.3. The molecule has 4 nitrogen and oxygen atoms in total. The molecule has 0 amide bonds. The third-order valence-electron chi connectivity index (χ3n) is 4.95. The van der Waals surface area contributed by atoms with Crippen molar-refractivity contribution in [2.45, 2.75) is 30.8 Å². The van der Waals surface area contributed by atoms with Crippen LogP contribution in [0, 0.1) is 0 Å². The van der Waals surface area contributed by atoms with Gasteiger partial charge in [-0.15, -0.1) is 10.2 Å². The van der Waals surface area contributed by atoms with Crippen molar-refractivity contribution in [1.82, 2.24) is 14.8 Å². The molecule has 0 atom stereocenters. The van der Waals surface area contributed by atoms with Crippen molar-refractivity contribution in [2.75, 3.05) is 5.75 Å². The van der Waals surface area contributed by atoms with Crippen LogP contribution < -0.4 is 0 Å². The van der Waals surface area contributed by atoms with Crippen molar-refractivity contribution in [3.05, 3.63) is 64.2 Å². The number of nitrogens with zero attached hydrogens (tertiary/aromatic N) is 3. The van der Waals surface area contributed by atoms with E-state index in [4.69, 9.17) is 11.6 Å². The summed E-state index contributed by atoms with van der Waals surface area (Å²) in [6, 6.07) is 13.7. The summed E-state index contributed by atoms with van der Waals surface area (Å²) in [5.74, 6) is 1.16. The standard InChI is InChI=1S/C21H20ClN3OS/c1-25-20(17-8-4-5-9-18(17)22)23-24-21(25)27-13-19(26)16-11-10-14-6-2-3-7-15(14)12-16/h4-5,8-12H,2-3,6-7,13H2,1H3. The molecule has 0 saturated heterocycles. The molecule has 0 aliphatic heterocycles. The average Bonchev–Trinajstić information content (AvgIpc) is 3.06. The molecule has 1 heterocycles. The van der Waals surface area contributed by atoms with E-state index >= 15 is 0 Å². The minimum Gasteiger partial charge on any atom is -0.305 e. The van der Waals surface area contributed by atoms with Crippen LogP contribution in [0.1, 0.15) is 34.3 Å². The number of aromatic nitrogens is 3. The van der Waals surface area contributed by atoms with Gasteiger partial charge in [0.15, 0.2) is 16.8 Å². The summed E-state index contributed by atoms with van der Waals surface area (Å²) in [6.45, 7) is 0. The SMILES string of the molecule is Cn1c(SCC(=O)c2ccc3c(c2)CCCC3)nnc1-c1ccccc1Cl. The smallest absolute Gasteiger partial charge is 0.191 e. The molecule has 1 aromatic heterocycles. The Morgan fingerprint density at radius 2 is 1.89 bits per heavy atom. The second-order valence-electron chi connectivity index (χ2n) is 6.75. The fourth-order valence-corrected chi connectivity index (χ4v) is 4.46. The van der Waals surface area contributed by atoms with Gasteiger partial charge in [0.25, 0.3) is 0 Å². The number of ketones is 1. The summed E-state index contributed by atoms with van der Waals surface area (Å²) in [4.78, 5) is 12.6. The minimum atomic E-state index is 0.121. The minimum absolute atomic E-state index is 0.121. The molecule has 6 heteroatoms. The highest BCUT2D eigenvalue weighted by Crippen LogP contribution is 2.29. The molecule has 0 fully saturated rings. The van der Waals surface area contributed by atoms with Gasteiger partial charge < -0.3 is 4.57 Å². The predicted molar refractivity (Wildman–Crippen MR) is 110 cm³/mol. The van der Waals surface area contributed by atoms with Crippen LogP contribution in [0.25, 0.3) is 11.4 Å². The van der Waals surface area contributed by atoms with Gasteiger partial charge in [-0.2, -0.15) is 0 Å². The normalized spacial score (nSPS) is 13.4. The van der Waals surface area contributed by atoms with Gasteiger partial charge in [0.05, 0.1) is 10.8 Å². The molecule has 4 rings (SSSR count). The summed E-state index contributed by atoms with van der Waals surface area (Å²) in [5.41, 5.74) is 4.35. The maximum Gasteiger partial charge on any atom is 0.191 e. The van der Waals surface area contributed by atoms with Gasteiger partial charge in [0, 0.05) is 18.2 Å². The van der Waals surface area contributed by atoms with Gasteiger partial charge >= 0.3 is 0 Å². The first-order valence-electron chi connectivity index (χ1n) is 9.05. The van der Waals surface area contributed by atoms with Gasteiger partial charge in [-0.05, 0) is 55.0 Å². The number of hydrogen-bond donors (Lipinski definition) is 0. The maximum absolute atomic E-state index is 12.6. The van der Waals surface area contributed by atoms with E-state index in [1.807, 2.05) is 41.9 Å². The van der Waals surface area contributed by atoms with Crippen LogP contribution in [0.15, 0.2) is 47.6 Å². The number of carbonyl (C=O) groups excluding carboxylic acids is 1. The molecule has 3 aromatic rings. The molecule has 1 aliphatic rings. The van der Waals surface area contributed by atoms with Gasteiger partial charge in [-0.3, -0.25) is 4.79 Å². The van der Waals surface area contributed by atoms with E-state index in [9.17, 15) is 4.79 Å². The lowest BCUT2D eigenvalue weighted by Gasteiger charge is -2.16. The number of fused-ring (bicyclic) bond motifs is 1. The molecular weight excluding hydrogens is 378 g/mol. The Hall–Kier alpha value is -2.11. The largest absolute Gasteiger partial charge is 0.305 e. The summed E-state index contributed by atoms with van der Waals surface area (Å²) in [5, 5.41) is 9.82. The lowest BCUT2D eigenvalue weighted by molar-refractivity contribution is 0.102. The highest BCUT2D eigenvalue weighted by molar-refractivity contribution is 7.99. The molecule has 2 aromatic carbocycles. The van der Waals surface area contributed by atoms with E-state index in [-0.39, 0.29) is 5.78 Å². The number of benzene rings is 2. The molecule has 0 saturated carbocycles. The average molecular weight is 398 g/mol. The first-order valence-corrected chi connectivity index (χ1v) is 10.4. The van der Waals surface area contributed by atoms with E-state index in [2.05, 4.69) is 22.3 Å². The van der Waals surface area contributed by atoms with E-state index in [0.717, 1.165) is 24.0 Å². The van der Waals surface area contributed by atoms with Crippen LogP contribution in [0.3, 0.4) is 0 Å². The Bertz CT molecular complexity index is 999. The fraction of sp³-hybridized carbons (Fsp3) is 0.286. The lowest BCUT2D eigenvalue weighted by Crippen LogP contribution is -2.08. The van der Waals surface area contributed by atoms with Crippen molar-refractivity contribution in [3.8, 4) is 11.4 Å². The van der Waals surface area contributed by atoms with Crippen molar-refractivity contribution in [1.29, 1.82) is 0 Å². The van der Waals surface area contributed by atoms with E-state index in [1.54, 1.807) is 0 Å². The zero-order chi connectivity index (χ0) is 18.8. The van der Waals surface area contributed by atoms with Crippen LogP contribution in [-0.4, -0.2) is 26.3 Å². The van der Waals surface area contributed by atoms with Gasteiger partial charge in [-0.25, -0.2) is 0 Å². The van der Waals surface area contributed by atoms with Gasteiger partial charge in [-0.1, -0.05) is 47.6 Å². The Labute approximate surface area is 168 Å². The Kier molecular flexibility index (Phi) is 5.32. The Morgan fingerprint density at radius 3 is 2.70 bits per heavy atom. The molecule has 0 unspecified atom stereocenters. The topological polar surface area (TPSA) is 47.8 Å². The van der Waals surface area contributed by atoms with E-state index in [1.165, 1.54) is 35.7 Å². The number of hydrogen-bond acceptors (Lipinski definition) is 4. The highest BCUT2D eigenvalue weighted by Gasteiger charge is 2.17. The van der Waals surface area contributed by atoms with Crippen LogP contribution in [0.5, 0.6) is 0 Å². The number of rotatable bonds is 5. The molecule has 0 spiro atoms. The summed E-state index contributed by atoms with van der Waals surface area (Å²) < 4.78 is 1.88. The molecule has 0 radical (unpaired) electrons. The number of halogens is 1. The summed E-state index contributed by atoms with van der Waals surface area (Å²) in [6.07, 6.45) is 4.66. The predicted octanol–water partition coefficient (Wildman–Crippen LogP) is 4.99. The van der Waals surface area contributed by atoms with E-state index in [0.29, 0.717) is 21.8 Å². The van der Waals surface area contributed by atoms with Crippen molar-refractivity contribution in [2.24, 2.45) is 7.05 Å². The molecular formula is C21H20ClN3OS. The molecule has 138 valence electrons. The molecule has 0 N–H and O–H groups in total. The van der Waals surface area contributed by atoms with Gasteiger partial charge in [0.2, 0.25) is 0 Å². The monoisotopic (exact) mass is 397 g/mol. The lowest BCUT2D eigenvalue weighted by atomic mass is 9.90. The third kappa shape index (κ3) is 3.80. The molecule has 1 aliphatic carbocycles. The van der Waals surface area contributed by atoms with Crippen LogP contribution in [-0.2, 0) is 19.9 Å². The number of Topliss-reactive ketones (excluding diaryl/α,β-unsaturated/α-hetero) is 1. The molecule has 27 heavy (non-hydrogen) atoms. The van der Waals surface area contributed by atoms with Crippen LogP contribution in [0.2, 0.25) is 5.02 Å². The summed E-state index contributed by atoms with van der Waals surface area (Å²) in [7, 11) is 1.89. The number of aryl methyl sites for hydroxylation is 2. The Balaban J connectivity index is 1.48. The number of carbonyl (C=O) groups is 1. The molecule has 0 bridgehead atoms. The number of thioether (sulfide) groups is 1. The second-order valence-corrected chi connectivity index (χ2v) is 8.10. The first-order chi connectivity index (χ1) is 13.1. The highest BCUT2D eigenvalue weighted by atomic mass is 35.5. The van der Waals surface area contributed by atoms with Gasteiger partial charge in [0.1, 0.15) is 0 Å². The Morgan fingerprint density at radius 1 is 1.11 bits per heavy atom. The van der Waals surface area contributed by atoms with E-state index < -0.39 is 0 Å².